The van der Waals surface area contributed by atoms with Gasteiger partial charge in [0.2, 0.25) is 0 Å². The van der Waals surface area contributed by atoms with Crippen molar-refractivity contribution in [3.8, 4) is 0 Å². The minimum atomic E-state index is -4.34. The van der Waals surface area contributed by atoms with Crippen LogP contribution in [-0.4, -0.2) is 44.6 Å². The first-order valence-electron chi connectivity index (χ1n) is 7.48. The maximum atomic E-state index is 12.6. The molecular weight excluding hydrogens is 364 g/mol. The van der Waals surface area contributed by atoms with Crippen molar-refractivity contribution >= 4 is 21.6 Å². The normalized spacial score (nSPS) is 11.2. The molecule has 0 radical (unpaired) electrons. The number of H-pyrrole nitrogens is 2. The van der Waals surface area contributed by atoms with Crippen LogP contribution in [0.25, 0.3) is 0 Å². The third-order valence-corrected chi connectivity index (χ3v) is 4.87. The van der Waals surface area contributed by atoms with Crippen LogP contribution in [0.5, 0.6) is 0 Å². The highest BCUT2D eigenvalue weighted by molar-refractivity contribution is 7.92. The molecule has 140 valence electrons. The molecule has 4 N–H and O–H groups in total. The lowest BCUT2D eigenvalue weighted by Crippen LogP contribution is -2.32. The number of benzene rings is 1. The van der Waals surface area contributed by atoms with Gasteiger partial charge in [0.05, 0.1) is 17.9 Å². The Kier molecular flexibility index (Phi) is 5.95. The highest BCUT2D eigenvalue weighted by Gasteiger charge is 2.24. The van der Waals surface area contributed by atoms with Gasteiger partial charge in [-0.25, -0.2) is 13.2 Å². The van der Waals surface area contributed by atoms with Gasteiger partial charge in [0.1, 0.15) is 0 Å². The summed E-state index contributed by atoms with van der Waals surface area (Å²) in [6.45, 7) is 1.83. The lowest BCUT2D eigenvalue weighted by Gasteiger charge is -2.13. The summed E-state index contributed by atoms with van der Waals surface area (Å²) in [5.74, 6) is -0.507. The molecule has 0 fully saturated rings. The number of hydrogen-bond donors (Lipinski definition) is 4. The van der Waals surface area contributed by atoms with E-state index in [0.29, 0.717) is 6.61 Å². The summed E-state index contributed by atoms with van der Waals surface area (Å²) >= 11 is 0. The Hall–Kier alpha value is -2.92. The number of ether oxygens (including phenoxy) is 1. The maximum Gasteiger partial charge on any atom is 0.325 e. The molecular formula is C15H18N4O6S. The van der Waals surface area contributed by atoms with Gasteiger partial charge in [-0.05, 0) is 19.1 Å². The Morgan fingerprint density at radius 1 is 1.19 bits per heavy atom. The molecule has 0 spiro atoms. The molecule has 2 aromatic rings. The third-order valence-electron chi connectivity index (χ3n) is 3.35. The van der Waals surface area contributed by atoms with Crippen LogP contribution < -0.4 is 21.3 Å². The number of hydrogen-bond acceptors (Lipinski definition) is 6. The molecule has 1 aromatic carbocycles. The second-order valence-electron chi connectivity index (χ2n) is 5.26. The Balaban J connectivity index is 2.38. The maximum absolute atomic E-state index is 12.6. The summed E-state index contributed by atoms with van der Waals surface area (Å²) in [6, 6.07) is 5.93. The van der Waals surface area contributed by atoms with Crippen molar-refractivity contribution in [3.05, 3.63) is 56.4 Å². The van der Waals surface area contributed by atoms with E-state index in [0.717, 1.165) is 0 Å². The van der Waals surface area contributed by atoms with E-state index in [1.165, 1.54) is 32.2 Å². The molecule has 0 aliphatic carbocycles. The number of carbonyl (C=O) groups is 1. The number of aromatic amines is 2. The molecule has 0 aliphatic heterocycles. The molecule has 0 unspecified atom stereocenters. The number of amides is 1. The van der Waals surface area contributed by atoms with Gasteiger partial charge in [-0.15, -0.1) is 0 Å². The number of nitrogens with one attached hydrogen (secondary N) is 4. The molecule has 0 saturated carbocycles. The SMILES string of the molecule is COCCNC(=O)c1ccccc1NS(=O)(=O)c1c(C)[nH]c(=O)[nH]c1=O. The van der Waals surface area contributed by atoms with Crippen LogP contribution in [0.1, 0.15) is 16.1 Å². The summed E-state index contributed by atoms with van der Waals surface area (Å²) in [5.41, 5.74) is -1.92. The molecule has 0 atom stereocenters. The number of para-hydroxylation sites is 1. The first-order valence-corrected chi connectivity index (χ1v) is 8.96. The molecule has 26 heavy (non-hydrogen) atoms. The highest BCUT2D eigenvalue weighted by Crippen LogP contribution is 2.19. The number of carbonyl (C=O) groups excluding carboxylic acids is 1. The molecule has 0 saturated heterocycles. The van der Waals surface area contributed by atoms with Gasteiger partial charge >= 0.3 is 5.69 Å². The Morgan fingerprint density at radius 2 is 1.88 bits per heavy atom. The molecule has 10 nitrogen and oxygen atoms in total. The van der Waals surface area contributed by atoms with Crippen LogP contribution in [0, 0.1) is 6.92 Å². The summed E-state index contributed by atoms with van der Waals surface area (Å²) in [4.78, 5) is 38.8. The van der Waals surface area contributed by atoms with Crippen molar-refractivity contribution in [1.29, 1.82) is 0 Å². The van der Waals surface area contributed by atoms with Gasteiger partial charge in [-0.1, -0.05) is 12.1 Å². The molecule has 1 aromatic heterocycles. The summed E-state index contributed by atoms with van der Waals surface area (Å²) < 4.78 is 32.2. The molecule has 2 rings (SSSR count). The quantitative estimate of drug-likeness (QED) is 0.476. The van der Waals surface area contributed by atoms with Crippen LogP contribution in [0.4, 0.5) is 5.69 Å². The zero-order valence-corrected chi connectivity index (χ0v) is 14.9. The fraction of sp³-hybridized carbons (Fsp3) is 0.267. The van der Waals surface area contributed by atoms with Crippen molar-refractivity contribution in [2.24, 2.45) is 0 Å². The van der Waals surface area contributed by atoms with Crippen LogP contribution in [0.3, 0.4) is 0 Å². The third kappa shape index (κ3) is 4.37. The monoisotopic (exact) mass is 382 g/mol. The zero-order chi connectivity index (χ0) is 19.3. The van der Waals surface area contributed by atoms with E-state index in [4.69, 9.17) is 4.74 Å². The van der Waals surface area contributed by atoms with E-state index >= 15 is 0 Å². The lowest BCUT2D eigenvalue weighted by molar-refractivity contribution is 0.0938. The first kappa shape index (κ1) is 19.4. The Labute approximate surface area is 148 Å². The topological polar surface area (TPSA) is 150 Å². The number of aryl methyl sites for hydroxylation is 1. The van der Waals surface area contributed by atoms with Crippen LogP contribution in [0.15, 0.2) is 38.8 Å². The molecule has 0 bridgehead atoms. The number of aromatic nitrogens is 2. The minimum Gasteiger partial charge on any atom is -0.383 e. The van der Waals surface area contributed by atoms with Crippen molar-refractivity contribution in [2.75, 3.05) is 25.0 Å². The van der Waals surface area contributed by atoms with E-state index < -0.39 is 32.1 Å². The Morgan fingerprint density at radius 3 is 2.54 bits per heavy atom. The van der Waals surface area contributed by atoms with Gasteiger partial charge in [0.15, 0.2) is 4.90 Å². The summed E-state index contributed by atoms with van der Waals surface area (Å²) in [5, 5.41) is 2.58. The first-order chi connectivity index (χ1) is 12.3. The molecule has 1 heterocycles. The van der Waals surface area contributed by atoms with Gasteiger partial charge in [0, 0.05) is 19.3 Å². The van der Waals surface area contributed by atoms with Crippen LogP contribution in [0.2, 0.25) is 0 Å². The van der Waals surface area contributed by atoms with Gasteiger partial charge in [-0.2, -0.15) is 0 Å². The van der Waals surface area contributed by atoms with Crippen molar-refractivity contribution in [3.63, 3.8) is 0 Å². The van der Waals surface area contributed by atoms with Gasteiger partial charge in [0.25, 0.3) is 21.5 Å². The second kappa shape index (κ2) is 7.97. The van der Waals surface area contributed by atoms with Crippen LogP contribution in [-0.2, 0) is 14.8 Å². The number of methoxy groups -OCH3 is 1. The van der Waals surface area contributed by atoms with Crippen molar-refractivity contribution in [1.82, 2.24) is 15.3 Å². The summed E-state index contributed by atoms with van der Waals surface area (Å²) in [7, 11) is -2.86. The second-order valence-corrected chi connectivity index (χ2v) is 6.88. The fourth-order valence-electron chi connectivity index (χ4n) is 2.24. The predicted molar refractivity (Wildman–Crippen MR) is 93.9 cm³/mol. The largest absolute Gasteiger partial charge is 0.383 e. The summed E-state index contributed by atoms with van der Waals surface area (Å²) in [6.07, 6.45) is 0. The molecule has 11 heteroatoms. The van der Waals surface area contributed by atoms with E-state index in [1.54, 1.807) is 6.07 Å². The van der Waals surface area contributed by atoms with E-state index in [9.17, 15) is 22.8 Å². The smallest absolute Gasteiger partial charge is 0.325 e. The Bertz CT molecular complexity index is 1020. The van der Waals surface area contributed by atoms with Gasteiger partial charge < -0.3 is 15.0 Å². The van der Waals surface area contributed by atoms with Crippen molar-refractivity contribution in [2.45, 2.75) is 11.8 Å². The highest BCUT2D eigenvalue weighted by atomic mass is 32.2. The standard InChI is InChI=1S/C15H18N4O6S/c1-9-12(14(21)18-15(22)17-9)26(23,24)19-11-6-4-3-5-10(11)13(20)16-7-8-25-2/h3-6,19H,7-8H2,1-2H3,(H,16,20)(H2,17,18,21,22). The minimum absolute atomic E-state index is 0.00702. The average molecular weight is 382 g/mol. The van der Waals surface area contributed by atoms with Crippen molar-refractivity contribution < 1.29 is 17.9 Å². The average Bonchev–Trinajstić information content (AvgIpc) is 2.53. The van der Waals surface area contributed by atoms with E-state index in [1.807, 2.05) is 4.98 Å². The lowest BCUT2D eigenvalue weighted by atomic mass is 10.2. The number of sulfonamides is 1. The predicted octanol–water partition coefficient (Wildman–Crippen LogP) is -0.451. The number of rotatable bonds is 7. The molecule has 0 aliphatic rings. The number of anilines is 1. The fourth-order valence-corrected chi connectivity index (χ4v) is 3.56. The van der Waals surface area contributed by atoms with E-state index in [2.05, 4.69) is 15.0 Å². The zero-order valence-electron chi connectivity index (χ0n) is 14.1. The van der Waals surface area contributed by atoms with E-state index in [-0.39, 0.29) is 23.5 Å². The van der Waals surface area contributed by atoms with Gasteiger partial charge in [-0.3, -0.25) is 19.3 Å². The molecule has 1 amide bonds. The van der Waals surface area contributed by atoms with Crippen LogP contribution >= 0.6 is 0 Å².